The maximum absolute atomic E-state index is 14.6. The van der Waals surface area contributed by atoms with Gasteiger partial charge in [-0.1, -0.05) is 13.3 Å². The van der Waals surface area contributed by atoms with Crippen LogP contribution in [0.25, 0.3) is 0 Å². The van der Waals surface area contributed by atoms with E-state index >= 15 is 0 Å². The Hall–Kier alpha value is -0.0800. The van der Waals surface area contributed by atoms with Gasteiger partial charge in [-0.05, 0) is 0 Å². The molecule has 1 atom stereocenters. The third-order valence-corrected chi connectivity index (χ3v) is 17.2. The fourth-order valence-electron chi connectivity index (χ4n) is 5.49. The van der Waals surface area contributed by atoms with Crippen LogP contribution in [0.3, 0.4) is 0 Å². The van der Waals surface area contributed by atoms with Gasteiger partial charge in [-0.25, -0.2) is 0 Å². The second kappa shape index (κ2) is 19.2. The molecule has 0 heterocycles. The van der Waals surface area contributed by atoms with Gasteiger partial charge in [0.2, 0.25) is 0 Å². The van der Waals surface area contributed by atoms with E-state index in [9.17, 15) is 34.8 Å². The second-order valence-corrected chi connectivity index (χ2v) is 19.3. The number of halogens is 6. The zero-order valence-electron chi connectivity index (χ0n) is 25.5. The summed E-state index contributed by atoms with van der Waals surface area (Å²) in [6.07, 6.45) is 6.69. The van der Waals surface area contributed by atoms with Crippen LogP contribution in [0.5, 0.6) is 0 Å². The summed E-state index contributed by atoms with van der Waals surface area (Å²) in [4.78, 5) is 0. The molecule has 1 unspecified atom stereocenters. The van der Waals surface area contributed by atoms with Gasteiger partial charge in [0.25, 0.3) is 0 Å². The molecule has 0 aliphatic rings. The molecular weight excluding hydrogens is 573 g/mol. The number of alkyl halides is 6. The van der Waals surface area contributed by atoms with Crippen LogP contribution < -0.4 is 0 Å². The van der Waals surface area contributed by atoms with Crippen LogP contribution in [-0.4, -0.2) is 50.7 Å². The fourth-order valence-corrected chi connectivity index (χ4v) is 15.4. The average Bonchev–Trinajstić information content (AvgIpc) is 2.89. The normalized spacial score (nSPS) is 15.2. The van der Waals surface area contributed by atoms with E-state index < -0.39 is 34.6 Å². The molecule has 0 aromatic rings. The number of rotatable bonds is 26. The van der Waals surface area contributed by atoms with Crippen molar-refractivity contribution >= 4 is 16.9 Å². The molecule has 40 heavy (non-hydrogen) atoms. The molecule has 0 spiro atoms. The van der Waals surface area contributed by atoms with E-state index in [-0.39, 0.29) is 24.6 Å². The van der Waals surface area contributed by atoms with Crippen LogP contribution in [0, 0.1) is 0 Å². The summed E-state index contributed by atoms with van der Waals surface area (Å²) in [6, 6.07) is 0. The van der Waals surface area contributed by atoms with E-state index in [1.807, 2.05) is 20.8 Å². The maximum atomic E-state index is 14.6. The first-order valence-corrected chi connectivity index (χ1v) is 20.0. The Balaban J connectivity index is 5.74. The summed E-state index contributed by atoms with van der Waals surface area (Å²) in [5.74, 6) is 0. The molecule has 0 fully saturated rings. The minimum atomic E-state index is -6.19. The summed E-state index contributed by atoms with van der Waals surface area (Å²) in [5.41, 5.74) is 0. The van der Waals surface area contributed by atoms with Crippen molar-refractivity contribution in [3.63, 3.8) is 0 Å². The van der Waals surface area contributed by atoms with Crippen molar-refractivity contribution in [1.82, 2.24) is 0 Å². The number of hydrogen-bond donors (Lipinski definition) is 0. The van der Waals surface area contributed by atoms with Crippen LogP contribution in [0.2, 0.25) is 0 Å². The number of unbranched alkanes of at least 4 members (excludes halogenated alkanes) is 14. The molecule has 0 N–H and O–H groups in total. The zero-order valence-corrected chi connectivity index (χ0v) is 27.2. The second-order valence-electron chi connectivity index (χ2n) is 11.7. The Morgan fingerprint density at radius 3 is 1.18 bits per heavy atom. The van der Waals surface area contributed by atoms with Crippen LogP contribution in [-0.2, 0) is 14.1 Å². The van der Waals surface area contributed by atoms with Crippen molar-refractivity contribution < 1.29 is 38.7 Å². The molecule has 3 nitrogen and oxygen atoms in total. The molecule has 244 valence electrons. The molecule has 0 radical (unpaired) electrons. The quantitative estimate of drug-likeness (QED) is 0.0543. The van der Waals surface area contributed by atoms with E-state index in [0.717, 1.165) is 32.1 Å². The van der Waals surface area contributed by atoms with Crippen LogP contribution in [0.15, 0.2) is 0 Å². The third-order valence-electron chi connectivity index (χ3n) is 8.03. The summed E-state index contributed by atoms with van der Waals surface area (Å²) in [6.45, 7) is 3.89. The Labute approximate surface area is 241 Å². The molecule has 0 saturated heterocycles. The molecule has 0 aromatic carbocycles. The van der Waals surface area contributed by atoms with Crippen LogP contribution in [0.1, 0.15) is 143 Å². The summed E-state index contributed by atoms with van der Waals surface area (Å²) in [7, 11) is -6.19. The number of hydrogen-bond acceptors (Lipinski definition) is 3. The Bertz CT molecular complexity index is 737. The van der Waals surface area contributed by atoms with Gasteiger partial charge in [0.05, 0.1) is 0 Å². The molecule has 0 aliphatic carbocycles. The van der Waals surface area contributed by atoms with Crippen molar-refractivity contribution in [2.75, 3.05) is 24.6 Å². The first kappa shape index (κ1) is 39.9. The van der Waals surface area contributed by atoms with Gasteiger partial charge in [-0.3, -0.25) is 0 Å². The molecule has 0 aromatic heterocycles. The topological polar surface area (TPSA) is 43.4 Å². The molecule has 11 heteroatoms. The van der Waals surface area contributed by atoms with E-state index in [0.29, 0.717) is 44.9 Å². The Morgan fingerprint density at radius 2 is 0.850 bits per heavy atom. The fraction of sp³-hybridized carbons (Fsp3) is 1.00. The van der Waals surface area contributed by atoms with E-state index in [1.165, 1.54) is 38.5 Å². The predicted molar refractivity (Wildman–Crippen MR) is 158 cm³/mol. The molecule has 0 amide bonds. The third kappa shape index (κ3) is 13.5. The average molecular weight is 631 g/mol. The van der Waals surface area contributed by atoms with Gasteiger partial charge in [-0.15, -0.1) is 0 Å². The first-order valence-electron chi connectivity index (χ1n) is 15.7. The summed E-state index contributed by atoms with van der Waals surface area (Å²) >= 11 is 0. The van der Waals surface area contributed by atoms with Gasteiger partial charge in [0.1, 0.15) is 0 Å². The van der Waals surface area contributed by atoms with Crippen molar-refractivity contribution in [3.8, 4) is 0 Å². The van der Waals surface area contributed by atoms with Gasteiger partial charge in [0, 0.05) is 0 Å². The van der Waals surface area contributed by atoms with Crippen LogP contribution in [0.4, 0.5) is 26.3 Å². The molecular formula is C29H57F6O3PS. The van der Waals surface area contributed by atoms with Gasteiger partial charge < -0.3 is 0 Å². The summed E-state index contributed by atoms with van der Waals surface area (Å²) < 4.78 is 113. The van der Waals surface area contributed by atoms with E-state index in [2.05, 4.69) is 6.92 Å². The van der Waals surface area contributed by atoms with E-state index in [1.54, 1.807) is 0 Å². The SMILES string of the molecule is CCCCCCCCCCCCCCP(CCCC)(CCCC)(CCCC)OS(=O)(=O)C(F)(F)C(F)C(F)(F)F. The molecule has 0 rings (SSSR count). The van der Waals surface area contributed by atoms with Crippen molar-refractivity contribution in [1.29, 1.82) is 0 Å². The van der Waals surface area contributed by atoms with Gasteiger partial charge >= 0.3 is 228 Å². The zero-order chi connectivity index (χ0) is 30.8. The van der Waals surface area contributed by atoms with Crippen molar-refractivity contribution in [2.24, 2.45) is 0 Å². The molecule has 0 aliphatic heterocycles. The molecule has 0 saturated carbocycles. The first-order chi connectivity index (χ1) is 18.7. The minimum absolute atomic E-state index is 0.248. The summed E-state index contributed by atoms with van der Waals surface area (Å²) in [5, 5.41) is -5.71. The van der Waals surface area contributed by atoms with E-state index in [4.69, 9.17) is 3.97 Å². The van der Waals surface area contributed by atoms with Gasteiger partial charge in [-0.2, -0.15) is 0 Å². The Kier molecular flexibility index (Phi) is 19.2. The van der Waals surface area contributed by atoms with Crippen molar-refractivity contribution in [2.45, 2.75) is 161 Å². The monoisotopic (exact) mass is 630 g/mol. The predicted octanol–water partition coefficient (Wildman–Crippen LogP) is 11.4. The van der Waals surface area contributed by atoms with Crippen molar-refractivity contribution in [3.05, 3.63) is 0 Å². The molecule has 0 bridgehead atoms. The Morgan fingerprint density at radius 1 is 0.550 bits per heavy atom. The van der Waals surface area contributed by atoms with Crippen LogP contribution >= 0.6 is 6.83 Å². The standard InChI is InChI=1S/C29H57F6O3PS/c1-5-9-13-14-15-16-17-18-19-20-21-22-26-39(23-10-6-2,24-11-7-3,25-12-8-4)38-40(36,37)29(34,35)27(30)28(31,32)33/h27H,5-26H2,1-4H3. The van der Waals surface area contributed by atoms with Gasteiger partial charge in [0.15, 0.2) is 0 Å².